The van der Waals surface area contributed by atoms with Crippen LogP contribution >= 0.6 is 0 Å². The van der Waals surface area contributed by atoms with E-state index in [-0.39, 0.29) is 24.4 Å². The highest BCUT2D eigenvalue weighted by atomic mass is 16.5. The van der Waals surface area contributed by atoms with E-state index < -0.39 is 0 Å². The molecule has 1 fully saturated rings. The van der Waals surface area contributed by atoms with Crippen molar-refractivity contribution in [2.45, 2.75) is 38.7 Å². The second kappa shape index (κ2) is 10.0. The lowest BCUT2D eigenvalue weighted by Crippen LogP contribution is -2.39. The summed E-state index contributed by atoms with van der Waals surface area (Å²) in [5.74, 6) is 0.468. The number of esters is 1. The molecule has 1 amide bonds. The van der Waals surface area contributed by atoms with E-state index in [2.05, 4.69) is 4.74 Å². The summed E-state index contributed by atoms with van der Waals surface area (Å²) in [6.07, 6.45) is 2.51. The Morgan fingerprint density at radius 1 is 1.28 bits per heavy atom. The van der Waals surface area contributed by atoms with Crippen molar-refractivity contribution in [2.24, 2.45) is 0 Å². The Morgan fingerprint density at radius 2 is 2.04 bits per heavy atom. The van der Waals surface area contributed by atoms with Gasteiger partial charge in [0.15, 0.2) is 0 Å². The third kappa shape index (κ3) is 6.38. The maximum Gasteiger partial charge on any atom is 0.307 e. The maximum absolute atomic E-state index is 12.7. The molecule has 0 aliphatic carbocycles. The Kier molecular flexibility index (Phi) is 7.73. The van der Waals surface area contributed by atoms with Crippen LogP contribution in [0.4, 0.5) is 0 Å². The molecular weight excluding hydrogens is 322 g/mol. The Hall–Kier alpha value is -2.08. The van der Waals surface area contributed by atoms with Crippen molar-refractivity contribution in [3.8, 4) is 5.75 Å². The van der Waals surface area contributed by atoms with Crippen LogP contribution in [0.1, 0.15) is 31.7 Å². The summed E-state index contributed by atoms with van der Waals surface area (Å²) in [5.41, 5.74) is 0.920. The van der Waals surface area contributed by atoms with Crippen LogP contribution in [0, 0.1) is 0 Å². The van der Waals surface area contributed by atoms with Crippen molar-refractivity contribution in [3.05, 3.63) is 29.8 Å². The minimum Gasteiger partial charge on any atom is -0.494 e. The molecule has 1 heterocycles. The van der Waals surface area contributed by atoms with E-state index in [4.69, 9.17) is 9.47 Å². The number of rotatable bonds is 9. The summed E-state index contributed by atoms with van der Waals surface area (Å²) < 4.78 is 15.7. The van der Waals surface area contributed by atoms with Crippen LogP contribution in [0.3, 0.4) is 0 Å². The van der Waals surface area contributed by atoms with Gasteiger partial charge in [-0.05, 0) is 37.5 Å². The summed E-state index contributed by atoms with van der Waals surface area (Å²) in [5, 5.41) is 0. The van der Waals surface area contributed by atoms with Crippen molar-refractivity contribution >= 4 is 11.9 Å². The molecule has 0 aromatic heterocycles. The molecule has 1 unspecified atom stereocenters. The lowest BCUT2D eigenvalue weighted by molar-refractivity contribution is -0.142. The maximum atomic E-state index is 12.7. The molecule has 6 nitrogen and oxygen atoms in total. The molecule has 1 atom stereocenters. The molecule has 0 saturated carbocycles. The monoisotopic (exact) mass is 349 g/mol. The number of hydrogen-bond acceptors (Lipinski definition) is 5. The molecular formula is C19H27NO5. The number of carbonyl (C=O) groups is 2. The van der Waals surface area contributed by atoms with E-state index in [1.165, 1.54) is 7.11 Å². The van der Waals surface area contributed by atoms with Crippen LogP contribution < -0.4 is 4.74 Å². The van der Waals surface area contributed by atoms with Crippen LogP contribution in [0.15, 0.2) is 24.3 Å². The zero-order chi connectivity index (χ0) is 18.1. The standard InChI is InChI=1S/C19H27NO5/c1-3-24-16-8-6-15(7-9-16)13-18(21)20(11-10-19(22)23-2)14-17-5-4-12-25-17/h6-9,17H,3-5,10-14H2,1-2H3. The van der Waals surface area contributed by atoms with Gasteiger partial charge in [0.25, 0.3) is 0 Å². The molecule has 1 aliphatic heterocycles. The number of methoxy groups -OCH3 is 1. The zero-order valence-corrected chi connectivity index (χ0v) is 15.0. The van der Waals surface area contributed by atoms with Gasteiger partial charge in [0.2, 0.25) is 5.91 Å². The van der Waals surface area contributed by atoms with Crippen LogP contribution in [-0.4, -0.2) is 56.3 Å². The van der Waals surface area contributed by atoms with Gasteiger partial charge in [-0.15, -0.1) is 0 Å². The van der Waals surface area contributed by atoms with Gasteiger partial charge < -0.3 is 19.1 Å². The second-order valence-electron chi connectivity index (χ2n) is 6.05. The molecule has 1 aromatic rings. The number of carbonyl (C=O) groups excluding carboxylic acids is 2. The van der Waals surface area contributed by atoms with Crippen LogP contribution in [0.2, 0.25) is 0 Å². The fourth-order valence-corrected chi connectivity index (χ4v) is 2.84. The van der Waals surface area contributed by atoms with Gasteiger partial charge in [0.1, 0.15) is 5.75 Å². The van der Waals surface area contributed by atoms with Gasteiger partial charge in [0, 0.05) is 19.7 Å². The lowest BCUT2D eigenvalue weighted by atomic mass is 10.1. The van der Waals surface area contributed by atoms with Crippen molar-refractivity contribution in [1.82, 2.24) is 4.90 Å². The molecule has 0 bridgehead atoms. The average molecular weight is 349 g/mol. The average Bonchev–Trinajstić information content (AvgIpc) is 3.13. The van der Waals surface area contributed by atoms with Crippen molar-refractivity contribution < 1.29 is 23.8 Å². The molecule has 0 spiro atoms. The highest BCUT2D eigenvalue weighted by Gasteiger charge is 2.23. The molecule has 1 saturated heterocycles. The first kappa shape index (κ1) is 19.2. The molecule has 1 aliphatic rings. The van der Waals surface area contributed by atoms with Crippen molar-refractivity contribution in [2.75, 3.05) is 33.4 Å². The number of benzene rings is 1. The Morgan fingerprint density at radius 3 is 2.64 bits per heavy atom. The third-order valence-electron chi connectivity index (χ3n) is 4.20. The van der Waals surface area contributed by atoms with E-state index in [0.717, 1.165) is 30.8 Å². The summed E-state index contributed by atoms with van der Waals surface area (Å²) in [6.45, 7) is 4.15. The zero-order valence-electron chi connectivity index (χ0n) is 15.0. The summed E-state index contributed by atoms with van der Waals surface area (Å²) in [7, 11) is 1.36. The minimum absolute atomic E-state index is 0.0106. The van der Waals surface area contributed by atoms with E-state index in [9.17, 15) is 9.59 Å². The normalized spacial score (nSPS) is 16.5. The van der Waals surface area contributed by atoms with Gasteiger partial charge in [-0.2, -0.15) is 0 Å². The number of hydrogen-bond donors (Lipinski definition) is 0. The van der Waals surface area contributed by atoms with Gasteiger partial charge in [0.05, 0.1) is 32.7 Å². The van der Waals surface area contributed by atoms with Crippen molar-refractivity contribution in [1.29, 1.82) is 0 Å². The fourth-order valence-electron chi connectivity index (χ4n) is 2.84. The van der Waals surface area contributed by atoms with Crippen LogP contribution in [0.5, 0.6) is 5.75 Å². The minimum atomic E-state index is -0.314. The highest BCUT2D eigenvalue weighted by Crippen LogP contribution is 2.16. The van der Waals surface area contributed by atoms with E-state index in [0.29, 0.717) is 26.1 Å². The molecule has 0 radical (unpaired) electrons. The predicted octanol–water partition coefficient (Wildman–Crippen LogP) is 2.20. The van der Waals surface area contributed by atoms with Gasteiger partial charge in [-0.1, -0.05) is 12.1 Å². The number of amides is 1. The summed E-state index contributed by atoms with van der Waals surface area (Å²) in [4.78, 5) is 25.8. The topological polar surface area (TPSA) is 65.1 Å². The highest BCUT2D eigenvalue weighted by molar-refractivity contribution is 5.79. The molecule has 0 N–H and O–H groups in total. The predicted molar refractivity (Wildman–Crippen MR) is 93.5 cm³/mol. The first-order valence-corrected chi connectivity index (χ1v) is 8.80. The Labute approximate surface area is 149 Å². The molecule has 138 valence electrons. The number of nitrogens with zero attached hydrogens (tertiary/aromatic N) is 1. The largest absolute Gasteiger partial charge is 0.494 e. The first-order valence-electron chi connectivity index (χ1n) is 8.80. The Bertz CT molecular complexity index is 551. The SMILES string of the molecule is CCOc1ccc(CC(=O)N(CCC(=O)OC)CC2CCCO2)cc1. The Balaban J connectivity index is 1.95. The van der Waals surface area contributed by atoms with Gasteiger partial charge in [-0.3, -0.25) is 9.59 Å². The molecule has 2 rings (SSSR count). The summed E-state index contributed by atoms with van der Waals surface area (Å²) in [6, 6.07) is 7.52. The van der Waals surface area contributed by atoms with Gasteiger partial charge in [-0.25, -0.2) is 0 Å². The number of ether oxygens (including phenoxy) is 3. The lowest BCUT2D eigenvalue weighted by Gasteiger charge is -2.25. The van der Waals surface area contributed by atoms with Crippen molar-refractivity contribution in [3.63, 3.8) is 0 Å². The van der Waals surface area contributed by atoms with E-state index in [1.807, 2.05) is 31.2 Å². The second-order valence-corrected chi connectivity index (χ2v) is 6.05. The van der Waals surface area contributed by atoms with E-state index >= 15 is 0 Å². The van der Waals surface area contributed by atoms with Crippen LogP contribution in [0.25, 0.3) is 0 Å². The first-order chi connectivity index (χ1) is 12.1. The van der Waals surface area contributed by atoms with Crippen LogP contribution in [-0.2, 0) is 25.5 Å². The smallest absolute Gasteiger partial charge is 0.307 e. The molecule has 1 aromatic carbocycles. The quantitative estimate of drug-likeness (QED) is 0.640. The van der Waals surface area contributed by atoms with E-state index in [1.54, 1.807) is 4.90 Å². The molecule has 25 heavy (non-hydrogen) atoms. The summed E-state index contributed by atoms with van der Waals surface area (Å²) >= 11 is 0. The third-order valence-corrected chi connectivity index (χ3v) is 4.20. The molecule has 6 heteroatoms. The fraction of sp³-hybridized carbons (Fsp3) is 0.579. The van der Waals surface area contributed by atoms with Gasteiger partial charge >= 0.3 is 5.97 Å².